The van der Waals surface area contributed by atoms with Gasteiger partial charge in [-0.2, -0.15) is 5.10 Å². The maximum absolute atomic E-state index is 13.9. The summed E-state index contributed by atoms with van der Waals surface area (Å²) in [6.45, 7) is 26.8. The highest BCUT2D eigenvalue weighted by molar-refractivity contribution is 6.09. The van der Waals surface area contributed by atoms with Gasteiger partial charge in [-0.05, 0) is 102 Å². The molecule has 0 unspecified atom stereocenters. The first-order valence-corrected chi connectivity index (χ1v) is 29.1. The molecule has 3 heterocycles. The lowest BCUT2D eigenvalue weighted by Gasteiger charge is -2.35. The molecule has 0 spiro atoms. The highest BCUT2D eigenvalue weighted by atomic mass is 16.6. The molecule has 0 atom stereocenters. The summed E-state index contributed by atoms with van der Waals surface area (Å²) in [7, 11) is 0. The van der Waals surface area contributed by atoms with E-state index >= 15 is 0 Å². The minimum absolute atomic E-state index is 0.00755. The van der Waals surface area contributed by atoms with Crippen LogP contribution in [0.4, 0.5) is 5.82 Å². The van der Waals surface area contributed by atoms with Crippen LogP contribution in [0.3, 0.4) is 0 Å². The Kier molecular flexibility index (Phi) is 31.5. The Bertz CT molecular complexity index is 2390. The van der Waals surface area contributed by atoms with E-state index < -0.39 is 5.60 Å². The van der Waals surface area contributed by atoms with Gasteiger partial charge in [0.15, 0.2) is 11.6 Å². The minimum Gasteiger partial charge on any atom is -0.460 e. The van der Waals surface area contributed by atoms with E-state index in [-0.39, 0.29) is 42.2 Å². The molecule has 0 bridgehead atoms. The molecule has 2 aromatic heterocycles. The van der Waals surface area contributed by atoms with Crippen molar-refractivity contribution in [1.29, 1.82) is 0 Å². The van der Waals surface area contributed by atoms with Crippen molar-refractivity contribution in [3.8, 4) is 11.1 Å². The van der Waals surface area contributed by atoms with E-state index in [1.807, 2.05) is 63.7 Å². The van der Waals surface area contributed by atoms with Gasteiger partial charge in [-0.25, -0.2) is 4.98 Å². The lowest BCUT2D eigenvalue weighted by Crippen LogP contribution is -2.47. The number of nitrogens with zero attached hydrogens (tertiary/aromatic N) is 5. The van der Waals surface area contributed by atoms with Crippen LogP contribution in [-0.2, 0) is 66.5 Å². The number of carbonyl (C=O) groups is 4. The number of hydrogen-bond acceptors (Lipinski definition) is 19. The molecule has 0 radical (unpaired) electrons. The van der Waals surface area contributed by atoms with Crippen LogP contribution in [-0.4, -0.2) is 213 Å². The van der Waals surface area contributed by atoms with Crippen molar-refractivity contribution in [2.75, 3.05) is 170 Å². The number of Topliss-reactive ketones (excluding diaryl/α,β-unsaturated/α-hetero) is 3. The summed E-state index contributed by atoms with van der Waals surface area (Å²) in [5.41, 5.74) is 5.58. The largest absolute Gasteiger partial charge is 0.460 e. The molecule has 20 nitrogen and oxygen atoms in total. The van der Waals surface area contributed by atoms with Gasteiger partial charge in [0.1, 0.15) is 17.2 Å². The van der Waals surface area contributed by atoms with Crippen LogP contribution in [0.25, 0.3) is 22.0 Å². The van der Waals surface area contributed by atoms with E-state index in [0.29, 0.717) is 170 Å². The number of carbonyl (C=O) groups excluding carboxylic acids is 4. The summed E-state index contributed by atoms with van der Waals surface area (Å²) in [5.74, 6) is 0.975. The van der Waals surface area contributed by atoms with E-state index in [2.05, 4.69) is 40.9 Å². The molecule has 1 aromatic carbocycles. The Morgan fingerprint density at radius 2 is 1.12 bits per heavy atom. The monoisotopic (exact) mass is 1140 g/mol. The number of anilines is 1. The van der Waals surface area contributed by atoms with Gasteiger partial charge in [0.25, 0.3) is 0 Å². The molecule has 5 rings (SSSR count). The quantitative estimate of drug-likeness (QED) is 0.0303. The molecule has 3 aromatic rings. The SMILES string of the molecule is CC1=CC(C)=C(CCC(=O)c2cc(-c3ccc(N4CCN(CCC(=O)CCCOCCOCCOCCOCCOCCOCCOCCOCCOCCOCCC(=O)OC(C)(C)C)CC4)nc3)cc3c2cnn3C(C)C)C(=O)C1. The van der Waals surface area contributed by atoms with Crippen molar-refractivity contribution in [2.45, 2.75) is 105 Å². The molecule has 1 fully saturated rings. The maximum atomic E-state index is 13.9. The van der Waals surface area contributed by atoms with Gasteiger partial charge in [0.2, 0.25) is 0 Å². The van der Waals surface area contributed by atoms with Crippen molar-refractivity contribution in [2.24, 2.45) is 0 Å². The van der Waals surface area contributed by atoms with Crippen LogP contribution in [0.15, 0.2) is 59.5 Å². The second-order valence-electron chi connectivity index (χ2n) is 21.4. The first-order valence-electron chi connectivity index (χ1n) is 29.1. The summed E-state index contributed by atoms with van der Waals surface area (Å²) in [5, 5.41) is 5.46. The zero-order chi connectivity index (χ0) is 58.1. The smallest absolute Gasteiger partial charge is 0.308 e. The highest BCUT2D eigenvalue weighted by Gasteiger charge is 2.23. The van der Waals surface area contributed by atoms with Crippen LogP contribution < -0.4 is 4.90 Å². The Morgan fingerprint density at radius 3 is 1.60 bits per heavy atom. The summed E-state index contributed by atoms with van der Waals surface area (Å²) >= 11 is 0. The molecular weight excluding hydrogens is 1040 g/mol. The van der Waals surface area contributed by atoms with E-state index in [1.165, 1.54) is 0 Å². The third-order valence-corrected chi connectivity index (χ3v) is 13.3. The van der Waals surface area contributed by atoms with Gasteiger partial charge in [-0.3, -0.25) is 28.8 Å². The predicted octanol–water partition coefficient (Wildman–Crippen LogP) is 7.64. The van der Waals surface area contributed by atoms with Crippen molar-refractivity contribution in [3.63, 3.8) is 0 Å². The number of ether oxygens (including phenoxy) is 11. The molecule has 81 heavy (non-hydrogen) atoms. The van der Waals surface area contributed by atoms with E-state index in [1.54, 1.807) is 6.20 Å². The van der Waals surface area contributed by atoms with Crippen molar-refractivity contribution < 1.29 is 71.3 Å². The summed E-state index contributed by atoms with van der Waals surface area (Å²) < 4.78 is 62.4. The number of esters is 1. The molecule has 0 amide bonds. The second kappa shape index (κ2) is 38.1. The van der Waals surface area contributed by atoms with Gasteiger partial charge in [-0.1, -0.05) is 11.6 Å². The van der Waals surface area contributed by atoms with Crippen molar-refractivity contribution in [1.82, 2.24) is 19.7 Å². The number of benzene rings is 1. The molecule has 0 N–H and O–H groups in total. The fourth-order valence-corrected chi connectivity index (χ4v) is 9.10. The Labute approximate surface area is 480 Å². The average molecular weight is 1140 g/mol. The van der Waals surface area contributed by atoms with Crippen LogP contribution in [0.1, 0.15) is 110 Å². The van der Waals surface area contributed by atoms with Gasteiger partial charge >= 0.3 is 5.97 Å². The molecule has 0 saturated carbocycles. The Balaban J connectivity index is 0.781. The minimum atomic E-state index is -0.486. The fraction of sp³-hybridized carbons (Fsp3) is 0.672. The molecule has 452 valence electrons. The van der Waals surface area contributed by atoms with Crippen molar-refractivity contribution in [3.05, 3.63) is 65.0 Å². The summed E-state index contributed by atoms with van der Waals surface area (Å²) in [6.07, 6.45) is 8.72. The first kappa shape index (κ1) is 67.0. The number of aromatic nitrogens is 3. The van der Waals surface area contributed by atoms with Crippen LogP contribution in [0.2, 0.25) is 0 Å². The third-order valence-electron chi connectivity index (χ3n) is 13.3. The number of hydrogen-bond donors (Lipinski definition) is 0. The van der Waals surface area contributed by atoms with Gasteiger partial charge < -0.3 is 57.0 Å². The van der Waals surface area contributed by atoms with E-state index in [9.17, 15) is 19.2 Å². The zero-order valence-corrected chi connectivity index (χ0v) is 49.6. The normalized spacial score (nSPS) is 14.4. The predicted molar refractivity (Wildman–Crippen MR) is 309 cm³/mol. The Morgan fingerprint density at radius 1 is 0.605 bits per heavy atom. The number of ketones is 3. The molecular formula is C61H93N5O15. The zero-order valence-electron chi connectivity index (χ0n) is 49.6. The van der Waals surface area contributed by atoms with E-state index in [0.717, 1.165) is 77.3 Å². The van der Waals surface area contributed by atoms with Crippen LogP contribution in [0, 0.1) is 0 Å². The summed E-state index contributed by atoms with van der Waals surface area (Å²) in [6, 6.07) is 8.25. The number of allylic oxidation sites excluding steroid dienone is 4. The molecule has 1 saturated heterocycles. The highest BCUT2D eigenvalue weighted by Crippen LogP contribution is 2.32. The van der Waals surface area contributed by atoms with E-state index in [4.69, 9.17) is 57.1 Å². The number of fused-ring (bicyclic) bond motifs is 1. The first-order chi connectivity index (χ1) is 39.2. The van der Waals surface area contributed by atoms with Crippen LogP contribution >= 0.6 is 0 Å². The lowest BCUT2D eigenvalue weighted by atomic mass is 9.88. The Hall–Kier alpha value is -4.84. The molecule has 20 heteroatoms. The average Bonchev–Trinajstić information content (AvgIpc) is 3.88. The lowest BCUT2D eigenvalue weighted by molar-refractivity contribution is -0.156. The van der Waals surface area contributed by atoms with Gasteiger partial charge in [0.05, 0.1) is 144 Å². The summed E-state index contributed by atoms with van der Waals surface area (Å²) in [4.78, 5) is 60.5. The van der Waals surface area contributed by atoms with Gasteiger partial charge in [-0.15, -0.1) is 0 Å². The number of piperazine rings is 1. The molecule has 1 aliphatic carbocycles. The number of rotatable bonds is 44. The maximum Gasteiger partial charge on any atom is 0.308 e. The molecule has 1 aliphatic heterocycles. The standard InChI is InChI=1S/C61H93N5O15/c1-47(2)66-56-44-51(43-54(55(56)46-63-66)57(68)12-11-53-49(4)41-48(3)42-58(53)69)50-10-13-59(62-45-50)65-19-17-64(18-20-65)16-14-52(67)9-8-21-71-23-25-73-27-29-75-31-33-77-35-37-79-39-40-80-38-36-78-34-32-76-30-28-74-26-24-72-22-15-60(70)81-61(5,6)7/h10,13,41,43-47H,8-9,11-12,14-40,42H2,1-7H3. The number of pyridine rings is 1. The third kappa shape index (κ3) is 26.5. The second-order valence-corrected chi connectivity index (χ2v) is 21.4. The van der Waals surface area contributed by atoms with Gasteiger partial charge in [0, 0.05) is 93.8 Å². The molecule has 2 aliphatic rings. The van der Waals surface area contributed by atoms with Crippen LogP contribution in [0.5, 0.6) is 0 Å². The fourth-order valence-electron chi connectivity index (χ4n) is 9.10. The van der Waals surface area contributed by atoms with Crippen molar-refractivity contribution >= 4 is 40.0 Å². The topological polar surface area (TPSA) is 207 Å².